The van der Waals surface area contributed by atoms with Crippen LogP contribution in [0.15, 0.2) is 54.7 Å². The molecule has 0 saturated heterocycles. The molecule has 3 rings (SSSR count). The van der Waals surface area contributed by atoms with Crippen LogP contribution in [0.25, 0.3) is 0 Å². The lowest BCUT2D eigenvalue weighted by Gasteiger charge is -2.11. The van der Waals surface area contributed by atoms with Gasteiger partial charge in [-0.3, -0.25) is 14.6 Å². The fraction of sp³-hybridized carbons (Fsp3) is 0.125. The minimum absolute atomic E-state index is 0.179. The second-order valence-electron chi connectivity index (χ2n) is 5.16. The summed E-state index contributed by atoms with van der Waals surface area (Å²) >= 11 is 0. The van der Waals surface area contributed by atoms with E-state index in [0.29, 0.717) is 5.56 Å². The number of carbonyl (C=O) groups is 1. The van der Waals surface area contributed by atoms with Crippen molar-refractivity contribution in [3.63, 3.8) is 0 Å². The topological polar surface area (TPSA) is 95.7 Å². The molecule has 26 heavy (non-hydrogen) atoms. The van der Waals surface area contributed by atoms with Gasteiger partial charge in [0.05, 0.1) is 11.8 Å². The van der Waals surface area contributed by atoms with Gasteiger partial charge < -0.3 is 15.2 Å². The molecule has 0 bridgehead atoms. The predicted octanol–water partition coefficient (Wildman–Crippen LogP) is 2.58. The first-order valence-electron chi connectivity index (χ1n) is 7.22. The van der Waals surface area contributed by atoms with Crippen molar-refractivity contribution in [3.05, 3.63) is 65.8 Å². The molecule has 1 amide bonds. The number of ether oxygens (including phenoxy) is 2. The molecule has 1 aromatic heterocycles. The van der Waals surface area contributed by atoms with E-state index in [1.165, 1.54) is 42.7 Å². The van der Waals surface area contributed by atoms with Gasteiger partial charge in [-0.25, -0.2) is 5.48 Å². The molecule has 2 aromatic rings. The maximum Gasteiger partial charge on any atom is 0.573 e. The summed E-state index contributed by atoms with van der Waals surface area (Å²) in [5.74, 6) is -0.485. The van der Waals surface area contributed by atoms with E-state index in [0.717, 1.165) is 0 Å². The molecule has 0 spiro atoms. The highest BCUT2D eigenvalue weighted by molar-refractivity contribution is 5.92. The Morgan fingerprint density at radius 3 is 2.58 bits per heavy atom. The molecule has 1 aromatic carbocycles. The van der Waals surface area contributed by atoms with Gasteiger partial charge in [0.2, 0.25) is 11.8 Å². The molecule has 0 fully saturated rings. The Hall–Kier alpha value is -3.27. The molecular formula is C16H12F3N3O4. The second-order valence-corrected chi connectivity index (χ2v) is 5.16. The van der Waals surface area contributed by atoms with E-state index in [-0.39, 0.29) is 22.9 Å². The van der Waals surface area contributed by atoms with E-state index >= 15 is 0 Å². The Morgan fingerprint density at radius 1 is 1.19 bits per heavy atom. The van der Waals surface area contributed by atoms with Crippen LogP contribution in [0.4, 0.5) is 13.2 Å². The van der Waals surface area contributed by atoms with Crippen molar-refractivity contribution in [2.45, 2.75) is 12.5 Å². The lowest BCUT2D eigenvalue weighted by molar-refractivity contribution is -0.274. The molecule has 2 heterocycles. The summed E-state index contributed by atoms with van der Waals surface area (Å²) in [6, 6.07) is 6.64. The maximum atomic E-state index is 12.2. The highest BCUT2D eigenvalue weighted by Gasteiger charge is 2.31. The van der Waals surface area contributed by atoms with Crippen molar-refractivity contribution in [1.82, 2.24) is 10.5 Å². The van der Waals surface area contributed by atoms with Crippen LogP contribution in [0.1, 0.15) is 22.0 Å². The number of rotatable bonds is 5. The van der Waals surface area contributed by atoms with Crippen LogP contribution >= 0.6 is 0 Å². The summed E-state index contributed by atoms with van der Waals surface area (Å²) in [5, 5.41) is 0. The van der Waals surface area contributed by atoms with Gasteiger partial charge in [0.15, 0.2) is 0 Å². The van der Waals surface area contributed by atoms with Crippen LogP contribution in [0.5, 0.6) is 11.5 Å². The normalized spacial score (nSPS) is 16.6. The van der Waals surface area contributed by atoms with E-state index < -0.39 is 18.4 Å². The first-order valence-corrected chi connectivity index (χ1v) is 7.22. The number of hydrogen-bond acceptors (Lipinski definition) is 6. The van der Waals surface area contributed by atoms with Gasteiger partial charge in [-0.15, -0.1) is 13.2 Å². The van der Waals surface area contributed by atoms with Crippen molar-refractivity contribution in [1.29, 1.82) is 0 Å². The quantitative estimate of drug-likeness (QED) is 0.843. The molecule has 10 heteroatoms. The Bertz CT molecular complexity index is 837. The number of primary amides is 1. The number of nitrogens with two attached hydrogens (primary N) is 1. The third-order valence-corrected chi connectivity index (χ3v) is 3.26. The summed E-state index contributed by atoms with van der Waals surface area (Å²) in [6.45, 7) is 0. The molecule has 1 atom stereocenters. The van der Waals surface area contributed by atoms with Crippen molar-refractivity contribution in [2.24, 2.45) is 5.73 Å². The summed E-state index contributed by atoms with van der Waals surface area (Å²) in [6.07, 6.45) is -1.09. The van der Waals surface area contributed by atoms with Gasteiger partial charge in [-0.05, 0) is 23.8 Å². The van der Waals surface area contributed by atoms with Crippen LogP contribution in [0, 0.1) is 0 Å². The number of carbonyl (C=O) groups excluding carboxylic acids is 1. The molecule has 1 aliphatic heterocycles. The highest BCUT2D eigenvalue weighted by atomic mass is 19.4. The molecule has 0 aliphatic carbocycles. The number of hydrogen-bond donors (Lipinski definition) is 2. The Morgan fingerprint density at radius 2 is 1.92 bits per heavy atom. The standard InChI is InChI=1S/C16H12F3N3O4/c17-16(18,19)25-11-3-1-9(2-4-11)13-6-14(22-26-13)24-12-5-10(15(20)23)7-21-8-12/h1-8,13,22H,(H2,20,23)/t13-/m0/s1. The zero-order valence-corrected chi connectivity index (χ0v) is 13.0. The smallest absolute Gasteiger partial charge is 0.438 e. The zero-order chi connectivity index (χ0) is 18.7. The first-order chi connectivity index (χ1) is 12.3. The first kappa shape index (κ1) is 17.5. The second kappa shape index (κ2) is 6.92. The van der Waals surface area contributed by atoms with E-state index in [1.807, 2.05) is 0 Å². The minimum Gasteiger partial charge on any atom is -0.438 e. The summed E-state index contributed by atoms with van der Waals surface area (Å²) < 4.78 is 45.8. The average molecular weight is 367 g/mol. The number of benzene rings is 1. The molecule has 1 aliphatic rings. The van der Waals surface area contributed by atoms with Gasteiger partial charge in [0.25, 0.3) is 0 Å². The van der Waals surface area contributed by atoms with Crippen molar-refractivity contribution in [2.75, 3.05) is 0 Å². The SMILES string of the molecule is NC(=O)c1cncc(OC2=C[C@@H](c3ccc(OC(F)(F)F)cc3)ON2)c1. The molecule has 136 valence electrons. The third kappa shape index (κ3) is 4.42. The predicted molar refractivity (Wildman–Crippen MR) is 81.6 cm³/mol. The highest BCUT2D eigenvalue weighted by Crippen LogP contribution is 2.28. The number of hydroxylamine groups is 1. The van der Waals surface area contributed by atoms with Gasteiger partial charge in [0, 0.05) is 12.3 Å². The molecule has 3 N–H and O–H groups in total. The van der Waals surface area contributed by atoms with E-state index in [2.05, 4.69) is 15.2 Å². The number of alkyl halides is 3. The van der Waals surface area contributed by atoms with Gasteiger partial charge >= 0.3 is 6.36 Å². The molecule has 0 saturated carbocycles. The molecule has 0 radical (unpaired) electrons. The number of nitrogens with zero attached hydrogens (tertiary/aromatic N) is 1. The average Bonchev–Trinajstić information content (AvgIpc) is 3.03. The Kier molecular flexibility index (Phi) is 4.67. The molecule has 0 unspecified atom stereocenters. The van der Waals surface area contributed by atoms with Crippen LogP contribution < -0.4 is 20.7 Å². The summed E-state index contributed by atoms with van der Waals surface area (Å²) in [5.41, 5.74) is 8.47. The third-order valence-electron chi connectivity index (χ3n) is 3.26. The van der Waals surface area contributed by atoms with Crippen LogP contribution in [-0.4, -0.2) is 17.3 Å². The monoisotopic (exact) mass is 367 g/mol. The largest absolute Gasteiger partial charge is 0.573 e. The minimum atomic E-state index is -4.75. The number of nitrogens with one attached hydrogen (secondary N) is 1. The van der Waals surface area contributed by atoms with Crippen molar-refractivity contribution < 1.29 is 32.3 Å². The lowest BCUT2D eigenvalue weighted by atomic mass is 10.1. The summed E-state index contributed by atoms with van der Waals surface area (Å²) in [4.78, 5) is 20.3. The van der Waals surface area contributed by atoms with E-state index in [1.54, 1.807) is 6.08 Å². The fourth-order valence-electron chi connectivity index (χ4n) is 2.14. The fourth-order valence-corrected chi connectivity index (χ4v) is 2.14. The number of pyridine rings is 1. The van der Waals surface area contributed by atoms with Gasteiger partial charge in [0.1, 0.15) is 17.6 Å². The molecule has 7 nitrogen and oxygen atoms in total. The lowest BCUT2D eigenvalue weighted by Crippen LogP contribution is -2.17. The van der Waals surface area contributed by atoms with E-state index in [4.69, 9.17) is 15.3 Å². The van der Waals surface area contributed by atoms with Crippen molar-refractivity contribution in [3.8, 4) is 11.5 Å². The van der Waals surface area contributed by atoms with Crippen LogP contribution in [0.3, 0.4) is 0 Å². The number of halogens is 3. The Labute approximate surface area is 145 Å². The zero-order valence-electron chi connectivity index (χ0n) is 13.0. The van der Waals surface area contributed by atoms with E-state index in [9.17, 15) is 18.0 Å². The summed E-state index contributed by atoms with van der Waals surface area (Å²) in [7, 11) is 0. The molecular weight excluding hydrogens is 355 g/mol. The van der Waals surface area contributed by atoms with Crippen molar-refractivity contribution >= 4 is 5.91 Å². The van der Waals surface area contributed by atoms with Gasteiger partial charge in [-0.2, -0.15) is 0 Å². The Balaban J connectivity index is 1.68. The number of amides is 1. The van der Waals surface area contributed by atoms with Crippen LogP contribution in [-0.2, 0) is 4.84 Å². The van der Waals surface area contributed by atoms with Gasteiger partial charge in [-0.1, -0.05) is 12.1 Å². The van der Waals surface area contributed by atoms with Crippen LogP contribution in [0.2, 0.25) is 0 Å². The number of aromatic nitrogens is 1. The maximum absolute atomic E-state index is 12.2.